The zero-order valence-corrected chi connectivity index (χ0v) is 19.5. The van der Waals surface area contributed by atoms with Gasteiger partial charge >= 0.3 is 12.2 Å². The van der Waals surface area contributed by atoms with Crippen molar-refractivity contribution in [1.29, 1.82) is 0 Å². The standard InChI is InChI=1S/C23H35N3O5/c1-22(2,3)30-20(28)25-15-9-13-18(27)17-12-8-14-24-19(17)26(16-10-7-11-16)21(29)31-23(4,5)6/h8,12,14,16H,7,9-11,13,15H2,1-6H3,(H,25,28). The first-order valence-electron chi connectivity index (χ1n) is 10.8. The molecule has 0 unspecified atom stereocenters. The molecular formula is C23H35N3O5. The Bertz CT molecular complexity index is 791. The van der Waals surface area contributed by atoms with Crippen LogP contribution < -0.4 is 10.2 Å². The van der Waals surface area contributed by atoms with Crippen molar-refractivity contribution in [1.82, 2.24) is 10.3 Å². The quantitative estimate of drug-likeness (QED) is 0.487. The average molecular weight is 434 g/mol. The third-order valence-electron chi connectivity index (χ3n) is 4.59. The van der Waals surface area contributed by atoms with E-state index in [1.165, 1.54) is 4.90 Å². The van der Waals surface area contributed by atoms with Gasteiger partial charge in [-0.15, -0.1) is 0 Å². The highest BCUT2D eigenvalue weighted by atomic mass is 16.6. The second-order valence-corrected chi connectivity index (χ2v) is 9.77. The molecule has 0 saturated heterocycles. The number of pyridine rings is 1. The summed E-state index contributed by atoms with van der Waals surface area (Å²) in [6.07, 6.45) is 3.96. The van der Waals surface area contributed by atoms with Crippen molar-refractivity contribution in [2.24, 2.45) is 0 Å². The van der Waals surface area contributed by atoms with E-state index in [1.54, 1.807) is 39.1 Å². The van der Waals surface area contributed by atoms with Crippen LogP contribution in [0.2, 0.25) is 0 Å². The maximum atomic E-state index is 12.9. The molecular weight excluding hydrogens is 398 g/mol. The number of amides is 2. The Morgan fingerprint density at radius 3 is 2.29 bits per heavy atom. The van der Waals surface area contributed by atoms with E-state index in [1.807, 2.05) is 20.8 Å². The Morgan fingerprint density at radius 2 is 1.74 bits per heavy atom. The minimum atomic E-state index is -0.647. The molecule has 0 aromatic carbocycles. The van der Waals surface area contributed by atoms with E-state index in [2.05, 4.69) is 10.3 Å². The number of nitrogens with zero attached hydrogens (tertiary/aromatic N) is 2. The maximum absolute atomic E-state index is 12.9. The topological polar surface area (TPSA) is 97.8 Å². The molecule has 0 radical (unpaired) electrons. The molecule has 2 rings (SSSR count). The van der Waals surface area contributed by atoms with Gasteiger partial charge < -0.3 is 14.8 Å². The third kappa shape index (κ3) is 7.84. The van der Waals surface area contributed by atoms with E-state index in [9.17, 15) is 14.4 Å². The molecule has 1 aliphatic carbocycles. The van der Waals surface area contributed by atoms with Gasteiger partial charge in [-0.2, -0.15) is 0 Å². The predicted molar refractivity (Wildman–Crippen MR) is 118 cm³/mol. The van der Waals surface area contributed by atoms with Gasteiger partial charge in [0.2, 0.25) is 0 Å². The lowest BCUT2D eigenvalue weighted by molar-refractivity contribution is 0.0520. The first-order chi connectivity index (χ1) is 14.4. The Hall–Kier alpha value is -2.64. The number of aromatic nitrogens is 1. The first-order valence-corrected chi connectivity index (χ1v) is 10.8. The molecule has 1 aliphatic rings. The highest BCUT2D eigenvalue weighted by Gasteiger charge is 2.36. The molecule has 1 saturated carbocycles. The Morgan fingerprint density at radius 1 is 1.10 bits per heavy atom. The van der Waals surface area contributed by atoms with E-state index >= 15 is 0 Å². The van der Waals surface area contributed by atoms with Crippen LogP contribution in [0.4, 0.5) is 15.4 Å². The molecule has 0 spiro atoms. The van der Waals surface area contributed by atoms with E-state index in [4.69, 9.17) is 9.47 Å². The number of rotatable bonds is 7. The van der Waals surface area contributed by atoms with Crippen LogP contribution in [0, 0.1) is 0 Å². The molecule has 1 fully saturated rings. The van der Waals surface area contributed by atoms with Gasteiger partial charge in [-0.1, -0.05) is 0 Å². The van der Waals surface area contributed by atoms with Crippen molar-refractivity contribution in [3.63, 3.8) is 0 Å². The van der Waals surface area contributed by atoms with Crippen LogP contribution >= 0.6 is 0 Å². The van der Waals surface area contributed by atoms with Gasteiger partial charge in [0.15, 0.2) is 5.78 Å². The molecule has 1 aromatic heterocycles. The molecule has 1 aromatic rings. The highest BCUT2D eigenvalue weighted by molar-refractivity contribution is 6.03. The minimum absolute atomic E-state index is 0.0230. The van der Waals surface area contributed by atoms with E-state index < -0.39 is 23.4 Å². The number of carbonyl (C=O) groups excluding carboxylic acids is 3. The summed E-state index contributed by atoms with van der Waals surface area (Å²) in [4.78, 5) is 43.5. The lowest BCUT2D eigenvalue weighted by atomic mass is 9.91. The second-order valence-electron chi connectivity index (χ2n) is 9.77. The Balaban J connectivity index is 2.06. The van der Waals surface area contributed by atoms with Gasteiger partial charge in [0, 0.05) is 25.2 Å². The van der Waals surface area contributed by atoms with Crippen LogP contribution in [0.3, 0.4) is 0 Å². The van der Waals surface area contributed by atoms with Crippen molar-refractivity contribution >= 4 is 23.8 Å². The summed E-state index contributed by atoms with van der Waals surface area (Å²) in [5.74, 6) is 0.202. The monoisotopic (exact) mass is 433 g/mol. The van der Waals surface area contributed by atoms with Gasteiger partial charge in [0.05, 0.1) is 5.56 Å². The van der Waals surface area contributed by atoms with Crippen LogP contribution in [0.1, 0.15) is 84.0 Å². The van der Waals surface area contributed by atoms with Crippen molar-refractivity contribution < 1.29 is 23.9 Å². The molecule has 172 valence electrons. The molecule has 8 heteroatoms. The van der Waals surface area contributed by atoms with Crippen LogP contribution in [0.25, 0.3) is 0 Å². The molecule has 31 heavy (non-hydrogen) atoms. The summed E-state index contributed by atoms with van der Waals surface area (Å²) >= 11 is 0. The van der Waals surface area contributed by atoms with E-state index in [-0.39, 0.29) is 18.2 Å². The number of hydrogen-bond donors (Lipinski definition) is 1. The number of ether oxygens (including phenoxy) is 2. The van der Waals surface area contributed by atoms with Gasteiger partial charge in [-0.25, -0.2) is 14.6 Å². The number of nitrogens with one attached hydrogen (secondary N) is 1. The van der Waals surface area contributed by atoms with Crippen molar-refractivity contribution in [3.8, 4) is 0 Å². The zero-order chi connectivity index (χ0) is 23.2. The molecule has 1 heterocycles. The van der Waals surface area contributed by atoms with Gasteiger partial charge in [0.1, 0.15) is 17.0 Å². The van der Waals surface area contributed by atoms with Gasteiger partial charge in [-0.3, -0.25) is 9.69 Å². The molecule has 0 atom stereocenters. The zero-order valence-electron chi connectivity index (χ0n) is 19.5. The molecule has 0 bridgehead atoms. The smallest absolute Gasteiger partial charge is 0.416 e. The Labute approximate surface area is 184 Å². The summed E-state index contributed by atoms with van der Waals surface area (Å²) in [5.41, 5.74) is -0.833. The molecule has 0 aliphatic heterocycles. The largest absolute Gasteiger partial charge is 0.444 e. The van der Waals surface area contributed by atoms with Crippen molar-refractivity contribution in [3.05, 3.63) is 23.9 Å². The third-order valence-corrected chi connectivity index (χ3v) is 4.59. The lowest BCUT2D eigenvalue weighted by Gasteiger charge is -2.38. The first kappa shape index (κ1) is 24.6. The summed E-state index contributed by atoms with van der Waals surface area (Å²) in [5, 5.41) is 2.65. The normalized spacial score (nSPS) is 14.4. The number of Topliss-reactive ketones (excluding diaryl/α,β-unsaturated/α-hetero) is 1. The number of alkyl carbamates (subject to hydrolysis) is 1. The predicted octanol–water partition coefficient (Wildman–Crippen LogP) is 4.86. The number of anilines is 1. The maximum Gasteiger partial charge on any atom is 0.416 e. The molecule has 8 nitrogen and oxygen atoms in total. The van der Waals surface area contributed by atoms with Gasteiger partial charge in [0.25, 0.3) is 0 Å². The average Bonchev–Trinajstić information content (AvgIpc) is 2.58. The highest BCUT2D eigenvalue weighted by Crippen LogP contribution is 2.32. The summed E-state index contributed by atoms with van der Waals surface area (Å²) < 4.78 is 10.8. The number of hydrogen-bond acceptors (Lipinski definition) is 6. The summed E-state index contributed by atoms with van der Waals surface area (Å²) in [7, 11) is 0. The van der Waals surface area contributed by atoms with E-state index in [0.717, 1.165) is 19.3 Å². The summed E-state index contributed by atoms with van der Waals surface area (Å²) in [6, 6.07) is 3.34. The second kappa shape index (κ2) is 10.1. The van der Waals surface area contributed by atoms with Crippen molar-refractivity contribution in [2.45, 2.75) is 90.9 Å². The van der Waals surface area contributed by atoms with Crippen LogP contribution in [-0.4, -0.2) is 46.7 Å². The van der Waals surface area contributed by atoms with Crippen LogP contribution in [0.5, 0.6) is 0 Å². The van der Waals surface area contributed by atoms with E-state index in [0.29, 0.717) is 24.3 Å². The van der Waals surface area contributed by atoms with Crippen LogP contribution in [-0.2, 0) is 9.47 Å². The SMILES string of the molecule is CC(C)(C)OC(=O)NCCCC(=O)c1cccnc1N(C(=O)OC(C)(C)C)C1CCC1. The van der Waals surface area contributed by atoms with Gasteiger partial charge in [-0.05, 0) is 79.4 Å². The fourth-order valence-corrected chi connectivity index (χ4v) is 3.06. The summed E-state index contributed by atoms with van der Waals surface area (Å²) in [6.45, 7) is 11.1. The van der Waals surface area contributed by atoms with Crippen molar-refractivity contribution in [2.75, 3.05) is 11.4 Å². The number of carbonyl (C=O) groups is 3. The fraction of sp³-hybridized carbons (Fsp3) is 0.652. The fourth-order valence-electron chi connectivity index (χ4n) is 3.06. The molecule has 1 N–H and O–H groups in total. The lowest BCUT2D eigenvalue weighted by Crippen LogP contribution is -2.47. The van der Waals surface area contributed by atoms with Crippen LogP contribution in [0.15, 0.2) is 18.3 Å². The minimum Gasteiger partial charge on any atom is -0.444 e. The Kier molecular flexibility index (Phi) is 8.03. The number of ketones is 1. The molecule has 2 amide bonds.